The van der Waals surface area contributed by atoms with Gasteiger partial charge in [0.2, 0.25) is 5.91 Å². The Labute approximate surface area is 81.8 Å². The summed E-state index contributed by atoms with van der Waals surface area (Å²) in [6.45, 7) is 1.42. The highest BCUT2D eigenvalue weighted by molar-refractivity contribution is 5.81. The highest BCUT2D eigenvalue weighted by Crippen LogP contribution is 2.27. The summed E-state index contributed by atoms with van der Waals surface area (Å²) in [6, 6.07) is 0.545. The Morgan fingerprint density at radius 3 is 3.36 bits per heavy atom. The van der Waals surface area contributed by atoms with Crippen LogP contribution < -0.4 is 16.2 Å². The molecule has 76 valence electrons. The third-order valence-electron chi connectivity index (χ3n) is 3.30. The summed E-state index contributed by atoms with van der Waals surface area (Å²) < 4.78 is 5.28. The molecule has 2 fully saturated rings. The summed E-state index contributed by atoms with van der Waals surface area (Å²) in [5.41, 5.74) is 5.74. The number of nitrogens with one attached hydrogen (secondary N) is 3. The van der Waals surface area contributed by atoms with Gasteiger partial charge in [0.1, 0.15) is 0 Å². The van der Waals surface area contributed by atoms with E-state index in [1.807, 2.05) is 6.08 Å². The van der Waals surface area contributed by atoms with Crippen molar-refractivity contribution in [1.82, 2.24) is 16.2 Å². The lowest BCUT2D eigenvalue weighted by atomic mass is 9.80. The van der Waals surface area contributed by atoms with E-state index in [0.29, 0.717) is 18.6 Å². The standard InChI is InChI=1S/C9H13N3O2/c13-9-5-3-10-7-1-2-14-4-6(7)8(5)11-12-9/h1-2,5-8,10-11H,3-4H2,(H,12,13). The molecule has 14 heavy (non-hydrogen) atoms. The first-order valence-corrected chi connectivity index (χ1v) is 4.93. The average Bonchev–Trinajstić information content (AvgIpc) is 2.61. The summed E-state index contributed by atoms with van der Waals surface area (Å²) in [4.78, 5) is 11.4. The van der Waals surface area contributed by atoms with Crippen molar-refractivity contribution in [3.05, 3.63) is 12.3 Å². The zero-order valence-electron chi connectivity index (χ0n) is 7.69. The van der Waals surface area contributed by atoms with Gasteiger partial charge >= 0.3 is 0 Å². The van der Waals surface area contributed by atoms with Crippen molar-refractivity contribution < 1.29 is 9.53 Å². The van der Waals surface area contributed by atoms with E-state index in [-0.39, 0.29) is 17.9 Å². The van der Waals surface area contributed by atoms with Crippen LogP contribution in [-0.2, 0) is 9.53 Å². The van der Waals surface area contributed by atoms with Crippen LogP contribution in [0.25, 0.3) is 0 Å². The molecule has 0 aromatic heterocycles. The van der Waals surface area contributed by atoms with Crippen molar-refractivity contribution in [3.63, 3.8) is 0 Å². The number of hydrogen-bond donors (Lipinski definition) is 3. The molecule has 5 heteroatoms. The van der Waals surface area contributed by atoms with Gasteiger partial charge in [-0.25, -0.2) is 5.43 Å². The summed E-state index contributed by atoms with van der Waals surface area (Å²) in [7, 11) is 0. The number of ether oxygens (including phenoxy) is 1. The van der Waals surface area contributed by atoms with Gasteiger partial charge in [-0.15, -0.1) is 0 Å². The second-order valence-electron chi connectivity index (χ2n) is 4.03. The summed E-state index contributed by atoms with van der Waals surface area (Å²) >= 11 is 0. The molecule has 3 N–H and O–H groups in total. The van der Waals surface area contributed by atoms with Crippen LogP contribution in [0.1, 0.15) is 0 Å². The quantitative estimate of drug-likeness (QED) is 0.451. The van der Waals surface area contributed by atoms with Crippen molar-refractivity contribution in [2.24, 2.45) is 11.8 Å². The molecule has 1 amide bonds. The Morgan fingerprint density at radius 1 is 1.50 bits per heavy atom. The van der Waals surface area contributed by atoms with E-state index in [4.69, 9.17) is 4.74 Å². The molecule has 4 atom stereocenters. The van der Waals surface area contributed by atoms with Crippen LogP contribution in [0.2, 0.25) is 0 Å². The fraction of sp³-hybridized carbons (Fsp3) is 0.667. The van der Waals surface area contributed by atoms with Crippen molar-refractivity contribution in [2.75, 3.05) is 13.2 Å². The maximum Gasteiger partial charge on any atom is 0.240 e. The number of carbonyl (C=O) groups is 1. The largest absolute Gasteiger partial charge is 0.501 e. The first kappa shape index (κ1) is 8.26. The maximum absolute atomic E-state index is 11.4. The van der Waals surface area contributed by atoms with E-state index in [2.05, 4.69) is 16.2 Å². The molecule has 0 bridgehead atoms. The SMILES string of the molecule is O=C1NNC2C1CNC1C=COCC12. The van der Waals surface area contributed by atoms with Crippen LogP contribution in [-0.4, -0.2) is 31.1 Å². The number of amides is 1. The lowest BCUT2D eigenvalue weighted by molar-refractivity contribution is -0.123. The minimum absolute atomic E-state index is 0.0475. The Morgan fingerprint density at radius 2 is 2.43 bits per heavy atom. The predicted octanol–water partition coefficient (Wildman–Crippen LogP) is -1.26. The maximum atomic E-state index is 11.4. The number of hydrazine groups is 1. The van der Waals surface area contributed by atoms with Gasteiger partial charge in [-0.3, -0.25) is 10.2 Å². The lowest BCUT2D eigenvalue weighted by Gasteiger charge is -2.39. The summed E-state index contributed by atoms with van der Waals surface area (Å²) in [5.74, 6) is 0.486. The molecule has 2 saturated heterocycles. The van der Waals surface area contributed by atoms with Crippen molar-refractivity contribution in [2.45, 2.75) is 12.1 Å². The number of piperidine rings is 1. The highest BCUT2D eigenvalue weighted by Gasteiger charge is 2.46. The second kappa shape index (κ2) is 2.96. The smallest absolute Gasteiger partial charge is 0.240 e. The minimum atomic E-state index is 0.0475. The molecule has 0 aliphatic carbocycles. The highest BCUT2D eigenvalue weighted by atomic mass is 16.5. The monoisotopic (exact) mass is 195 g/mol. The number of fused-ring (bicyclic) bond motifs is 3. The van der Waals surface area contributed by atoms with Crippen molar-refractivity contribution in [1.29, 1.82) is 0 Å². The Kier molecular flexibility index (Phi) is 1.75. The Hall–Kier alpha value is -1.07. The van der Waals surface area contributed by atoms with Gasteiger partial charge in [0.05, 0.1) is 18.8 Å². The number of carbonyl (C=O) groups excluding carboxylic acids is 1. The van der Waals surface area contributed by atoms with Crippen LogP contribution in [0.5, 0.6) is 0 Å². The van der Waals surface area contributed by atoms with E-state index >= 15 is 0 Å². The summed E-state index contributed by atoms with van der Waals surface area (Å²) in [6.07, 6.45) is 3.76. The fourth-order valence-electron chi connectivity index (χ4n) is 2.50. The predicted molar refractivity (Wildman–Crippen MR) is 48.9 cm³/mol. The van der Waals surface area contributed by atoms with Gasteiger partial charge in [0, 0.05) is 24.5 Å². The van der Waals surface area contributed by atoms with Gasteiger partial charge < -0.3 is 10.1 Å². The molecule has 0 aromatic rings. The molecule has 3 heterocycles. The zero-order chi connectivity index (χ0) is 9.54. The van der Waals surface area contributed by atoms with Gasteiger partial charge in [0.25, 0.3) is 0 Å². The third-order valence-corrected chi connectivity index (χ3v) is 3.30. The van der Waals surface area contributed by atoms with Gasteiger partial charge in [0.15, 0.2) is 0 Å². The molecule has 0 aromatic carbocycles. The zero-order valence-corrected chi connectivity index (χ0v) is 7.69. The fourth-order valence-corrected chi connectivity index (χ4v) is 2.50. The molecule has 3 aliphatic rings. The van der Waals surface area contributed by atoms with Gasteiger partial charge in [-0.05, 0) is 6.08 Å². The number of hydrogen-bond acceptors (Lipinski definition) is 4. The van der Waals surface area contributed by atoms with E-state index in [1.165, 1.54) is 0 Å². The van der Waals surface area contributed by atoms with Crippen LogP contribution in [0.15, 0.2) is 12.3 Å². The molecule has 0 spiro atoms. The molecule has 0 saturated carbocycles. The molecular weight excluding hydrogens is 182 g/mol. The van der Waals surface area contributed by atoms with E-state index in [1.54, 1.807) is 6.26 Å². The first-order chi connectivity index (χ1) is 6.86. The van der Waals surface area contributed by atoms with E-state index in [9.17, 15) is 4.79 Å². The second-order valence-corrected chi connectivity index (χ2v) is 4.03. The molecule has 3 rings (SSSR count). The molecule has 4 unspecified atom stereocenters. The lowest BCUT2D eigenvalue weighted by Crippen LogP contribution is -2.57. The van der Waals surface area contributed by atoms with Gasteiger partial charge in [-0.2, -0.15) is 0 Å². The van der Waals surface area contributed by atoms with Crippen LogP contribution in [0.4, 0.5) is 0 Å². The first-order valence-electron chi connectivity index (χ1n) is 4.93. The molecule has 0 radical (unpaired) electrons. The topological polar surface area (TPSA) is 62.4 Å². The molecule has 3 aliphatic heterocycles. The van der Waals surface area contributed by atoms with Crippen molar-refractivity contribution in [3.8, 4) is 0 Å². The Balaban J connectivity index is 1.85. The van der Waals surface area contributed by atoms with E-state index < -0.39 is 0 Å². The van der Waals surface area contributed by atoms with E-state index in [0.717, 1.165) is 6.54 Å². The van der Waals surface area contributed by atoms with Crippen molar-refractivity contribution >= 4 is 5.91 Å². The minimum Gasteiger partial charge on any atom is -0.501 e. The van der Waals surface area contributed by atoms with Gasteiger partial charge in [-0.1, -0.05) is 0 Å². The normalized spacial score (nSPS) is 45.0. The third kappa shape index (κ3) is 1.06. The van der Waals surface area contributed by atoms with Crippen LogP contribution in [0.3, 0.4) is 0 Å². The summed E-state index contributed by atoms with van der Waals surface area (Å²) in [5, 5.41) is 3.36. The molecule has 5 nitrogen and oxygen atoms in total. The average molecular weight is 195 g/mol. The van der Waals surface area contributed by atoms with Crippen LogP contribution in [0, 0.1) is 11.8 Å². The van der Waals surface area contributed by atoms with Crippen LogP contribution >= 0.6 is 0 Å². The number of rotatable bonds is 0. The molecular formula is C9H13N3O2. The Bertz CT molecular complexity index is 290.